The third-order valence-electron chi connectivity index (χ3n) is 5.05. The van der Waals surface area contributed by atoms with Crippen molar-refractivity contribution in [3.05, 3.63) is 71.7 Å². The summed E-state index contributed by atoms with van der Waals surface area (Å²) in [5, 5.41) is 11.1. The van der Waals surface area contributed by atoms with Gasteiger partial charge in [-0.25, -0.2) is 9.07 Å². The van der Waals surface area contributed by atoms with Gasteiger partial charge in [0.05, 0.1) is 11.3 Å². The van der Waals surface area contributed by atoms with E-state index in [4.69, 9.17) is 0 Å². The van der Waals surface area contributed by atoms with Gasteiger partial charge in [0.25, 0.3) is 5.91 Å². The zero-order chi connectivity index (χ0) is 19.5. The van der Waals surface area contributed by atoms with Gasteiger partial charge < -0.3 is 10.6 Å². The number of halogens is 2. The lowest BCUT2D eigenvalue weighted by Crippen LogP contribution is -2.42. The molecule has 1 aliphatic rings. The number of nitrogens with one attached hydrogen (secondary N) is 2. The van der Waals surface area contributed by atoms with Gasteiger partial charge in [0.1, 0.15) is 11.5 Å². The van der Waals surface area contributed by atoms with Gasteiger partial charge in [-0.05, 0) is 57.1 Å². The van der Waals surface area contributed by atoms with Crippen LogP contribution in [-0.2, 0) is 0 Å². The third kappa shape index (κ3) is 4.83. The number of benzene rings is 2. The Balaban J connectivity index is 0.00000240. The Bertz CT molecular complexity index is 963. The van der Waals surface area contributed by atoms with E-state index in [2.05, 4.69) is 15.7 Å². The predicted molar refractivity (Wildman–Crippen MR) is 114 cm³/mol. The predicted octanol–water partition coefficient (Wildman–Crippen LogP) is 3.89. The number of carbonyl (C=O) groups is 1. The molecule has 29 heavy (non-hydrogen) atoms. The van der Waals surface area contributed by atoms with Crippen molar-refractivity contribution in [1.29, 1.82) is 0 Å². The van der Waals surface area contributed by atoms with Crippen LogP contribution < -0.4 is 10.6 Å². The van der Waals surface area contributed by atoms with E-state index in [-0.39, 0.29) is 30.2 Å². The molecule has 1 amide bonds. The largest absolute Gasteiger partial charge is 0.349 e. The highest BCUT2D eigenvalue weighted by molar-refractivity contribution is 6.00. The summed E-state index contributed by atoms with van der Waals surface area (Å²) < 4.78 is 14.9. The van der Waals surface area contributed by atoms with Crippen molar-refractivity contribution in [2.45, 2.75) is 25.8 Å². The Labute approximate surface area is 175 Å². The summed E-state index contributed by atoms with van der Waals surface area (Å²) in [6.45, 7) is 3.83. The normalized spacial score (nSPS) is 14.3. The highest BCUT2D eigenvalue weighted by Crippen LogP contribution is 2.25. The molecular formula is C22H24ClFN4O. The first-order valence-corrected chi connectivity index (χ1v) is 9.54. The molecule has 2 heterocycles. The number of aromatic nitrogens is 2. The second-order valence-corrected chi connectivity index (χ2v) is 7.18. The summed E-state index contributed by atoms with van der Waals surface area (Å²) in [6.07, 6.45) is 3.55. The van der Waals surface area contributed by atoms with E-state index in [0.717, 1.165) is 37.1 Å². The standard InChI is InChI=1S/C22H23FN4O.ClH/c1-15-2-4-16(5-3-15)21-20(22(28)25-18-10-12-24-13-11-18)14-27(26-21)19-8-6-17(23)7-9-19;/h2-9,14,18,24H,10-13H2,1H3,(H,25,28);1H. The fraction of sp³-hybridized carbons (Fsp3) is 0.273. The quantitative estimate of drug-likeness (QED) is 0.681. The SMILES string of the molecule is Cc1ccc(-c2nn(-c3ccc(F)cc3)cc2C(=O)NC2CCNCC2)cc1.Cl. The third-order valence-corrected chi connectivity index (χ3v) is 5.05. The Morgan fingerprint density at radius 3 is 2.41 bits per heavy atom. The van der Waals surface area contributed by atoms with Gasteiger partial charge in [-0.2, -0.15) is 5.10 Å². The van der Waals surface area contributed by atoms with E-state index in [1.807, 2.05) is 31.2 Å². The minimum Gasteiger partial charge on any atom is -0.349 e. The summed E-state index contributed by atoms with van der Waals surface area (Å²) in [6, 6.07) is 14.2. The lowest BCUT2D eigenvalue weighted by Gasteiger charge is -2.23. The molecule has 1 aliphatic heterocycles. The second kappa shape index (κ2) is 9.20. The fourth-order valence-corrected chi connectivity index (χ4v) is 3.42. The maximum Gasteiger partial charge on any atom is 0.255 e. The zero-order valence-electron chi connectivity index (χ0n) is 16.2. The number of hydrogen-bond acceptors (Lipinski definition) is 3. The molecule has 4 rings (SSSR count). The van der Waals surface area contributed by atoms with E-state index in [9.17, 15) is 9.18 Å². The van der Waals surface area contributed by atoms with Crippen LogP contribution in [-0.4, -0.2) is 34.8 Å². The number of aryl methyl sites for hydroxylation is 1. The van der Waals surface area contributed by atoms with Gasteiger partial charge in [-0.1, -0.05) is 29.8 Å². The van der Waals surface area contributed by atoms with Crippen molar-refractivity contribution in [2.24, 2.45) is 0 Å². The fourth-order valence-electron chi connectivity index (χ4n) is 3.42. The first-order valence-electron chi connectivity index (χ1n) is 9.54. The number of amides is 1. The van der Waals surface area contributed by atoms with Crippen LogP contribution in [0.3, 0.4) is 0 Å². The molecule has 2 aromatic carbocycles. The summed E-state index contributed by atoms with van der Waals surface area (Å²) in [7, 11) is 0. The molecule has 3 aromatic rings. The Kier molecular flexibility index (Phi) is 6.67. The van der Waals surface area contributed by atoms with Crippen molar-refractivity contribution in [2.75, 3.05) is 13.1 Å². The molecule has 0 bridgehead atoms. The summed E-state index contributed by atoms with van der Waals surface area (Å²) in [4.78, 5) is 13.0. The number of rotatable bonds is 4. The topological polar surface area (TPSA) is 59.0 Å². The number of piperidine rings is 1. The molecule has 0 atom stereocenters. The highest BCUT2D eigenvalue weighted by atomic mass is 35.5. The molecule has 0 radical (unpaired) electrons. The van der Waals surface area contributed by atoms with E-state index in [0.29, 0.717) is 16.9 Å². The van der Waals surface area contributed by atoms with Gasteiger partial charge in [0, 0.05) is 17.8 Å². The summed E-state index contributed by atoms with van der Waals surface area (Å²) in [5.74, 6) is -0.436. The Morgan fingerprint density at radius 1 is 1.10 bits per heavy atom. The van der Waals surface area contributed by atoms with Crippen LogP contribution >= 0.6 is 12.4 Å². The summed E-state index contributed by atoms with van der Waals surface area (Å²) in [5.41, 5.74) is 3.86. The monoisotopic (exact) mass is 414 g/mol. The van der Waals surface area contributed by atoms with E-state index >= 15 is 0 Å². The van der Waals surface area contributed by atoms with Crippen molar-refractivity contribution >= 4 is 18.3 Å². The van der Waals surface area contributed by atoms with Gasteiger partial charge >= 0.3 is 0 Å². The average molecular weight is 415 g/mol. The van der Waals surface area contributed by atoms with Crippen molar-refractivity contribution in [1.82, 2.24) is 20.4 Å². The first kappa shape index (κ1) is 21.0. The number of hydrogen-bond donors (Lipinski definition) is 2. The van der Waals surface area contributed by atoms with Crippen LogP contribution in [0.5, 0.6) is 0 Å². The second-order valence-electron chi connectivity index (χ2n) is 7.18. The molecule has 2 N–H and O–H groups in total. The van der Waals surface area contributed by atoms with Gasteiger partial charge in [-0.15, -0.1) is 12.4 Å². The first-order chi connectivity index (χ1) is 13.6. The molecule has 0 aliphatic carbocycles. The minimum absolute atomic E-state index is 0. The lowest BCUT2D eigenvalue weighted by molar-refractivity contribution is 0.0930. The maximum atomic E-state index is 13.3. The Morgan fingerprint density at radius 2 is 1.76 bits per heavy atom. The minimum atomic E-state index is -0.307. The van der Waals surface area contributed by atoms with E-state index < -0.39 is 0 Å². The van der Waals surface area contributed by atoms with Crippen molar-refractivity contribution < 1.29 is 9.18 Å². The molecule has 152 valence electrons. The van der Waals surface area contributed by atoms with E-state index in [1.54, 1.807) is 23.0 Å². The zero-order valence-corrected chi connectivity index (χ0v) is 17.0. The smallest absolute Gasteiger partial charge is 0.255 e. The van der Waals surface area contributed by atoms with Crippen LogP contribution in [0.4, 0.5) is 4.39 Å². The molecular weight excluding hydrogens is 391 g/mol. The average Bonchev–Trinajstić information content (AvgIpc) is 3.15. The van der Waals surface area contributed by atoms with Gasteiger partial charge in [0.15, 0.2) is 0 Å². The molecule has 0 unspecified atom stereocenters. The van der Waals surface area contributed by atoms with Crippen LogP contribution in [0.25, 0.3) is 16.9 Å². The van der Waals surface area contributed by atoms with Crippen molar-refractivity contribution in [3.8, 4) is 16.9 Å². The van der Waals surface area contributed by atoms with E-state index in [1.165, 1.54) is 12.1 Å². The van der Waals surface area contributed by atoms with Crippen LogP contribution in [0.15, 0.2) is 54.7 Å². The molecule has 1 saturated heterocycles. The highest BCUT2D eigenvalue weighted by Gasteiger charge is 2.22. The number of nitrogens with zero attached hydrogens (tertiary/aromatic N) is 2. The van der Waals surface area contributed by atoms with Crippen LogP contribution in [0.2, 0.25) is 0 Å². The van der Waals surface area contributed by atoms with Crippen LogP contribution in [0.1, 0.15) is 28.8 Å². The summed E-state index contributed by atoms with van der Waals surface area (Å²) >= 11 is 0. The van der Waals surface area contributed by atoms with Crippen LogP contribution in [0, 0.1) is 12.7 Å². The molecule has 0 spiro atoms. The Hall–Kier alpha value is -2.70. The molecule has 5 nitrogen and oxygen atoms in total. The molecule has 0 saturated carbocycles. The molecule has 1 aromatic heterocycles. The van der Waals surface area contributed by atoms with Crippen molar-refractivity contribution in [3.63, 3.8) is 0 Å². The molecule has 7 heteroatoms. The molecule has 1 fully saturated rings. The maximum absolute atomic E-state index is 13.3. The lowest BCUT2D eigenvalue weighted by atomic mass is 10.0. The van der Waals surface area contributed by atoms with Gasteiger partial charge in [-0.3, -0.25) is 4.79 Å². The number of carbonyl (C=O) groups excluding carboxylic acids is 1. The van der Waals surface area contributed by atoms with Gasteiger partial charge in [0.2, 0.25) is 0 Å².